The summed E-state index contributed by atoms with van der Waals surface area (Å²) in [6.45, 7) is 6.80. The van der Waals surface area contributed by atoms with Crippen LogP contribution in [0, 0.1) is 5.41 Å². The molecule has 0 aliphatic heterocycles. The lowest BCUT2D eigenvalue weighted by Gasteiger charge is -2.28. The molecule has 3 N–H and O–H groups in total. The number of amides is 1. The monoisotopic (exact) mass is 276 g/mol. The second-order valence-electron chi connectivity index (χ2n) is 6.06. The van der Waals surface area contributed by atoms with E-state index < -0.39 is 0 Å². The number of carbonyl (C=O) groups is 1. The van der Waals surface area contributed by atoms with Crippen molar-refractivity contribution < 1.29 is 9.53 Å². The Morgan fingerprint density at radius 3 is 2.85 bits per heavy atom. The highest BCUT2D eigenvalue weighted by molar-refractivity contribution is 6.02. The first-order valence-electron chi connectivity index (χ1n) is 7.28. The van der Waals surface area contributed by atoms with Crippen LogP contribution in [0.4, 0.5) is 5.69 Å². The van der Waals surface area contributed by atoms with Gasteiger partial charge in [0, 0.05) is 11.7 Å². The first-order chi connectivity index (χ1) is 9.45. The number of rotatable bonds is 4. The third-order valence-electron chi connectivity index (χ3n) is 4.15. The van der Waals surface area contributed by atoms with Gasteiger partial charge < -0.3 is 15.8 Å². The first kappa shape index (κ1) is 14.7. The number of ether oxygens (including phenoxy) is 1. The largest absolute Gasteiger partial charge is 0.493 e. The summed E-state index contributed by atoms with van der Waals surface area (Å²) in [6.07, 6.45) is 3.32. The van der Waals surface area contributed by atoms with E-state index in [1.165, 1.54) is 0 Å². The van der Waals surface area contributed by atoms with E-state index in [0.717, 1.165) is 19.3 Å². The minimum absolute atomic E-state index is 0.133. The van der Waals surface area contributed by atoms with Gasteiger partial charge in [0.15, 0.2) is 0 Å². The van der Waals surface area contributed by atoms with Crippen LogP contribution in [-0.4, -0.2) is 18.6 Å². The lowest BCUT2D eigenvalue weighted by Crippen LogP contribution is -2.41. The van der Waals surface area contributed by atoms with Crippen molar-refractivity contribution in [3.8, 4) is 5.75 Å². The van der Waals surface area contributed by atoms with Crippen molar-refractivity contribution in [2.75, 3.05) is 12.3 Å². The summed E-state index contributed by atoms with van der Waals surface area (Å²) in [5, 5.41) is 3.13. The summed E-state index contributed by atoms with van der Waals surface area (Å²) in [7, 11) is 0. The average Bonchev–Trinajstić information content (AvgIpc) is 2.69. The predicted octanol–water partition coefficient (Wildman–Crippen LogP) is 2.98. The Hall–Kier alpha value is -1.71. The van der Waals surface area contributed by atoms with Crippen LogP contribution in [0.25, 0.3) is 0 Å². The molecule has 4 nitrogen and oxygen atoms in total. The molecule has 1 atom stereocenters. The van der Waals surface area contributed by atoms with Gasteiger partial charge in [-0.2, -0.15) is 0 Å². The first-order valence-corrected chi connectivity index (χ1v) is 7.28. The maximum Gasteiger partial charge on any atom is 0.257 e. The van der Waals surface area contributed by atoms with Gasteiger partial charge in [0.25, 0.3) is 5.91 Å². The Bertz CT molecular complexity index is 497. The zero-order valence-corrected chi connectivity index (χ0v) is 12.5. The lowest BCUT2D eigenvalue weighted by atomic mass is 9.87. The van der Waals surface area contributed by atoms with Gasteiger partial charge in [0.2, 0.25) is 0 Å². The number of anilines is 1. The van der Waals surface area contributed by atoms with Gasteiger partial charge in [-0.15, -0.1) is 0 Å². The number of carbonyl (C=O) groups excluding carboxylic acids is 1. The van der Waals surface area contributed by atoms with E-state index in [1.807, 2.05) is 6.92 Å². The van der Waals surface area contributed by atoms with Crippen LogP contribution in [-0.2, 0) is 0 Å². The number of hydrogen-bond acceptors (Lipinski definition) is 3. The Morgan fingerprint density at radius 1 is 1.50 bits per heavy atom. The fourth-order valence-electron chi connectivity index (χ4n) is 2.89. The zero-order valence-electron chi connectivity index (χ0n) is 12.5. The molecule has 0 bridgehead atoms. The van der Waals surface area contributed by atoms with Crippen molar-refractivity contribution >= 4 is 11.6 Å². The SMILES string of the molecule is CCOc1cccc(N)c1C(=O)NC1CCCC1(C)C. The van der Waals surface area contributed by atoms with Crippen LogP contribution in [0.3, 0.4) is 0 Å². The molecule has 1 amide bonds. The van der Waals surface area contributed by atoms with Crippen molar-refractivity contribution in [2.24, 2.45) is 5.41 Å². The van der Waals surface area contributed by atoms with Gasteiger partial charge in [-0.3, -0.25) is 4.79 Å². The minimum Gasteiger partial charge on any atom is -0.493 e. The molecule has 1 aliphatic carbocycles. The van der Waals surface area contributed by atoms with E-state index >= 15 is 0 Å². The highest BCUT2D eigenvalue weighted by atomic mass is 16.5. The molecule has 1 saturated carbocycles. The Labute approximate surface area is 120 Å². The van der Waals surface area contributed by atoms with Crippen LogP contribution in [0.2, 0.25) is 0 Å². The summed E-state index contributed by atoms with van der Waals surface area (Å²) >= 11 is 0. The van der Waals surface area contributed by atoms with E-state index in [4.69, 9.17) is 10.5 Å². The number of nitrogens with one attached hydrogen (secondary N) is 1. The summed E-state index contributed by atoms with van der Waals surface area (Å²) < 4.78 is 5.51. The van der Waals surface area contributed by atoms with Crippen molar-refractivity contribution in [3.05, 3.63) is 23.8 Å². The maximum atomic E-state index is 12.5. The lowest BCUT2D eigenvalue weighted by molar-refractivity contribution is 0.0907. The van der Waals surface area contributed by atoms with Gasteiger partial charge in [0.05, 0.1) is 6.61 Å². The molecule has 1 unspecified atom stereocenters. The molecule has 0 heterocycles. The second kappa shape index (κ2) is 5.73. The van der Waals surface area contributed by atoms with E-state index in [1.54, 1.807) is 18.2 Å². The molecule has 1 aliphatic rings. The Kier molecular flexibility index (Phi) is 4.21. The van der Waals surface area contributed by atoms with E-state index in [-0.39, 0.29) is 17.4 Å². The van der Waals surface area contributed by atoms with E-state index in [0.29, 0.717) is 23.6 Å². The van der Waals surface area contributed by atoms with E-state index in [2.05, 4.69) is 19.2 Å². The predicted molar refractivity (Wildman–Crippen MR) is 80.9 cm³/mol. The molecule has 0 aromatic heterocycles. The van der Waals surface area contributed by atoms with Gasteiger partial charge >= 0.3 is 0 Å². The van der Waals surface area contributed by atoms with Crippen LogP contribution < -0.4 is 15.8 Å². The second-order valence-corrected chi connectivity index (χ2v) is 6.06. The van der Waals surface area contributed by atoms with Crippen molar-refractivity contribution in [3.63, 3.8) is 0 Å². The van der Waals surface area contributed by atoms with Crippen LogP contribution >= 0.6 is 0 Å². The zero-order chi connectivity index (χ0) is 14.8. The molecule has 1 aromatic rings. The molecule has 1 aromatic carbocycles. The summed E-state index contributed by atoms with van der Waals surface area (Å²) in [5.41, 5.74) is 7.02. The average molecular weight is 276 g/mol. The Morgan fingerprint density at radius 2 is 2.25 bits per heavy atom. The smallest absolute Gasteiger partial charge is 0.257 e. The van der Waals surface area contributed by atoms with Crippen molar-refractivity contribution in [1.82, 2.24) is 5.32 Å². The summed E-state index contributed by atoms with van der Waals surface area (Å²) in [4.78, 5) is 12.5. The number of nitrogen functional groups attached to an aromatic ring is 1. The minimum atomic E-state index is -0.133. The third kappa shape index (κ3) is 2.89. The summed E-state index contributed by atoms with van der Waals surface area (Å²) in [5.74, 6) is 0.423. The Balaban J connectivity index is 2.21. The molecule has 1 fully saturated rings. The molecular weight excluding hydrogens is 252 g/mol. The van der Waals surface area contributed by atoms with Gasteiger partial charge in [-0.1, -0.05) is 26.3 Å². The van der Waals surface area contributed by atoms with Crippen molar-refractivity contribution in [2.45, 2.75) is 46.1 Å². The van der Waals surface area contributed by atoms with Crippen LogP contribution in [0.15, 0.2) is 18.2 Å². The molecule has 20 heavy (non-hydrogen) atoms. The highest BCUT2D eigenvalue weighted by Crippen LogP contribution is 2.37. The molecule has 0 spiro atoms. The topological polar surface area (TPSA) is 64.3 Å². The number of benzene rings is 1. The molecule has 0 saturated heterocycles. The van der Waals surface area contributed by atoms with E-state index in [9.17, 15) is 4.79 Å². The van der Waals surface area contributed by atoms with Crippen molar-refractivity contribution in [1.29, 1.82) is 0 Å². The van der Waals surface area contributed by atoms with Gasteiger partial charge in [-0.05, 0) is 37.3 Å². The number of nitrogens with two attached hydrogens (primary N) is 1. The highest BCUT2D eigenvalue weighted by Gasteiger charge is 2.36. The standard InChI is InChI=1S/C16H24N2O2/c1-4-20-12-8-5-7-11(17)14(12)15(19)18-13-9-6-10-16(13,2)3/h5,7-8,13H,4,6,9-10,17H2,1-3H3,(H,18,19). The molecular formula is C16H24N2O2. The van der Waals surface area contributed by atoms with Gasteiger partial charge in [-0.25, -0.2) is 0 Å². The molecule has 0 radical (unpaired) electrons. The quantitative estimate of drug-likeness (QED) is 0.831. The maximum absolute atomic E-state index is 12.5. The normalized spacial score (nSPS) is 20.6. The van der Waals surface area contributed by atoms with Gasteiger partial charge in [0.1, 0.15) is 11.3 Å². The molecule has 2 rings (SSSR count). The fraction of sp³-hybridized carbons (Fsp3) is 0.562. The van der Waals surface area contributed by atoms with Crippen LogP contribution in [0.1, 0.15) is 50.4 Å². The molecule has 110 valence electrons. The van der Waals surface area contributed by atoms with Crippen LogP contribution in [0.5, 0.6) is 5.75 Å². The molecule has 4 heteroatoms. The number of hydrogen-bond donors (Lipinski definition) is 2. The fourth-order valence-corrected chi connectivity index (χ4v) is 2.89. The summed E-state index contributed by atoms with van der Waals surface area (Å²) in [6, 6.07) is 5.52. The third-order valence-corrected chi connectivity index (χ3v) is 4.15.